The first kappa shape index (κ1) is 17.6. The zero-order valence-corrected chi connectivity index (χ0v) is 15.1. The minimum absolute atomic E-state index is 0.00480. The van der Waals surface area contributed by atoms with Gasteiger partial charge in [-0.3, -0.25) is 4.79 Å². The van der Waals surface area contributed by atoms with Gasteiger partial charge in [0.15, 0.2) is 15.0 Å². The second-order valence-electron chi connectivity index (χ2n) is 5.72. The molecule has 7 heteroatoms. The number of hydrogen-bond acceptors (Lipinski definition) is 5. The number of anilines is 1. The molecule has 3 rings (SSSR count). The van der Waals surface area contributed by atoms with Gasteiger partial charge in [0, 0.05) is 6.42 Å². The molecule has 0 saturated carbocycles. The van der Waals surface area contributed by atoms with Gasteiger partial charge < -0.3 is 5.32 Å². The molecule has 0 aliphatic carbocycles. The Morgan fingerprint density at radius 2 is 1.76 bits per heavy atom. The Kier molecular flexibility index (Phi) is 5.45. The molecule has 0 saturated heterocycles. The fourth-order valence-electron chi connectivity index (χ4n) is 2.46. The summed E-state index contributed by atoms with van der Waals surface area (Å²) in [4.78, 5) is 16.3. The summed E-state index contributed by atoms with van der Waals surface area (Å²) in [7, 11) is -3.22. The summed E-state index contributed by atoms with van der Waals surface area (Å²) in [5.41, 5.74) is 1.61. The number of thiazole rings is 1. The van der Waals surface area contributed by atoms with Crippen LogP contribution in [0.25, 0.3) is 10.2 Å². The molecule has 0 fully saturated rings. The van der Waals surface area contributed by atoms with E-state index in [0.717, 1.165) is 15.8 Å². The molecule has 3 aromatic rings. The molecule has 130 valence electrons. The predicted octanol–water partition coefficient (Wildman–Crippen LogP) is 3.63. The van der Waals surface area contributed by atoms with Crippen molar-refractivity contribution in [3.8, 4) is 0 Å². The third-order valence-corrected chi connectivity index (χ3v) is 6.26. The Morgan fingerprint density at radius 3 is 2.52 bits per heavy atom. The van der Waals surface area contributed by atoms with E-state index in [1.54, 1.807) is 12.1 Å². The number of benzene rings is 2. The highest BCUT2D eigenvalue weighted by Crippen LogP contribution is 2.25. The van der Waals surface area contributed by atoms with Crippen molar-refractivity contribution >= 4 is 42.4 Å². The van der Waals surface area contributed by atoms with E-state index in [1.807, 2.05) is 42.5 Å². The molecule has 1 aromatic heterocycles. The van der Waals surface area contributed by atoms with Crippen LogP contribution in [0.4, 0.5) is 5.13 Å². The highest BCUT2D eigenvalue weighted by Gasteiger charge is 2.14. The van der Waals surface area contributed by atoms with Crippen LogP contribution in [0.15, 0.2) is 54.6 Å². The van der Waals surface area contributed by atoms with Crippen molar-refractivity contribution in [3.63, 3.8) is 0 Å². The molecular weight excluding hydrogens is 356 g/mol. The Morgan fingerprint density at radius 1 is 1.04 bits per heavy atom. The van der Waals surface area contributed by atoms with Gasteiger partial charge in [-0.2, -0.15) is 0 Å². The Bertz CT molecular complexity index is 933. The number of carbonyl (C=O) groups excluding carboxylic acids is 1. The zero-order valence-electron chi connectivity index (χ0n) is 13.5. The van der Waals surface area contributed by atoms with Gasteiger partial charge in [0.2, 0.25) is 5.91 Å². The van der Waals surface area contributed by atoms with Gasteiger partial charge in [-0.05, 0) is 24.1 Å². The van der Waals surface area contributed by atoms with E-state index < -0.39 is 9.84 Å². The van der Waals surface area contributed by atoms with E-state index in [0.29, 0.717) is 11.6 Å². The van der Waals surface area contributed by atoms with Crippen LogP contribution in [-0.4, -0.2) is 25.1 Å². The van der Waals surface area contributed by atoms with Crippen molar-refractivity contribution in [3.05, 3.63) is 60.2 Å². The Hall–Kier alpha value is -2.25. The van der Waals surface area contributed by atoms with E-state index in [-0.39, 0.29) is 23.8 Å². The number of hydrogen-bond donors (Lipinski definition) is 1. The highest BCUT2D eigenvalue weighted by molar-refractivity contribution is 7.90. The second kappa shape index (κ2) is 7.76. The summed E-state index contributed by atoms with van der Waals surface area (Å²) in [6.45, 7) is 0. The fourth-order valence-corrected chi connectivity index (χ4v) is 4.77. The lowest BCUT2D eigenvalue weighted by Gasteiger charge is -2.05. The first-order valence-corrected chi connectivity index (χ1v) is 10.6. The Labute approximate surface area is 150 Å². The molecule has 0 spiro atoms. The number of nitrogens with one attached hydrogen (secondary N) is 1. The number of rotatable bonds is 7. The van der Waals surface area contributed by atoms with Crippen molar-refractivity contribution in [1.82, 2.24) is 4.98 Å². The van der Waals surface area contributed by atoms with E-state index in [1.165, 1.54) is 11.3 Å². The largest absolute Gasteiger partial charge is 0.302 e. The van der Waals surface area contributed by atoms with Gasteiger partial charge in [-0.15, -0.1) is 0 Å². The SMILES string of the molecule is O=C(CCCS(=O)(=O)Cc1ccccc1)Nc1nc2ccccc2s1. The summed E-state index contributed by atoms with van der Waals surface area (Å²) >= 11 is 1.41. The monoisotopic (exact) mass is 374 g/mol. The normalized spacial score (nSPS) is 11.5. The minimum Gasteiger partial charge on any atom is -0.302 e. The smallest absolute Gasteiger partial charge is 0.226 e. The highest BCUT2D eigenvalue weighted by atomic mass is 32.2. The fraction of sp³-hybridized carbons (Fsp3) is 0.222. The van der Waals surface area contributed by atoms with Crippen LogP contribution < -0.4 is 5.32 Å². The standard InChI is InChI=1S/C18H18N2O3S2/c21-17(20-18-19-15-9-4-5-10-16(15)24-18)11-6-12-25(22,23)13-14-7-2-1-3-8-14/h1-5,7-10H,6,11-13H2,(H,19,20,21). The van der Waals surface area contributed by atoms with Crippen LogP contribution in [0.3, 0.4) is 0 Å². The van der Waals surface area contributed by atoms with Crippen LogP contribution in [0.2, 0.25) is 0 Å². The van der Waals surface area contributed by atoms with Crippen LogP contribution in [0.5, 0.6) is 0 Å². The Balaban J connectivity index is 1.48. The van der Waals surface area contributed by atoms with Crippen molar-refractivity contribution in [1.29, 1.82) is 0 Å². The number of nitrogens with zero attached hydrogens (tertiary/aromatic N) is 1. The molecule has 0 radical (unpaired) electrons. The molecule has 0 bridgehead atoms. The maximum absolute atomic E-state index is 12.1. The van der Waals surface area contributed by atoms with Crippen molar-refractivity contribution in [2.24, 2.45) is 0 Å². The molecule has 25 heavy (non-hydrogen) atoms. The molecular formula is C18H18N2O3S2. The third kappa shape index (κ3) is 5.11. The number of carbonyl (C=O) groups is 1. The number of amides is 1. The summed E-state index contributed by atoms with van der Waals surface area (Å²) in [5.74, 6) is -0.211. The van der Waals surface area contributed by atoms with Crippen LogP contribution in [-0.2, 0) is 20.4 Å². The van der Waals surface area contributed by atoms with E-state index in [4.69, 9.17) is 0 Å². The average molecular weight is 374 g/mol. The number of aromatic nitrogens is 1. The topological polar surface area (TPSA) is 76.1 Å². The van der Waals surface area contributed by atoms with Gasteiger partial charge in [-0.25, -0.2) is 13.4 Å². The lowest BCUT2D eigenvalue weighted by Crippen LogP contribution is -2.15. The first-order valence-electron chi connectivity index (χ1n) is 7.92. The second-order valence-corrected chi connectivity index (χ2v) is 8.93. The predicted molar refractivity (Wildman–Crippen MR) is 101 cm³/mol. The molecule has 1 heterocycles. The molecule has 0 atom stereocenters. The van der Waals surface area contributed by atoms with E-state index in [9.17, 15) is 13.2 Å². The van der Waals surface area contributed by atoms with Crippen molar-refractivity contribution < 1.29 is 13.2 Å². The number of fused-ring (bicyclic) bond motifs is 1. The third-order valence-electron chi connectivity index (χ3n) is 3.63. The van der Waals surface area contributed by atoms with Crippen LogP contribution in [0.1, 0.15) is 18.4 Å². The molecule has 1 amide bonds. The number of sulfone groups is 1. The van der Waals surface area contributed by atoms with Gasteiger partial charge in [0.25, 0.3) is 0 Å². The maximum Gasteiger partial charge on any atom is 0.226 e. The maximum atomic E-state index is 12.1. The molecule has 5 nitrogen and oxygen atoms in total. The summed E-state index contributed by atoms with van der Waals surface area (Å²) in [5, 5.41) is 3.28. The van der Waals surface area contributed by atoms with Gasteiger partial charge >= 0.3 is 0 Å². The van der Waals surface area contributed by atoms with E-state index in [2.05, 4.69) is 10.3 Å². The molecule has 0 aliphatic rings. The van der Waals surface area contributed by atoms with Gasteiger partial charge in [0.1, 0.15) is 0 Å². The lowest BCUT2D eigenvalue weighted by atomic mass is 10.2. The number of para-hydroxylation sites is 1. The van der Waals surface area contributed by atoms with E-state index >= 15 is 0 Å². The summed E-state index contributed by atoms with van der Waals surface area (Å²) in [6.07, 6.45) is 0.454. The first-order chi connectivity index (χ1) is 12.0. The van der Waals surface area contributed by atoms with Gasteiger partial charge in [0.05, 0.1) is 21.7 Å². The summed E-state index contributed by atoms with van der Waals surface area (Å²) < 4.78 is 25.2. The van der Waals surface area contributed by atoms with Crippen LogP contribution in [0, 0.1) is 0 Å². The molecule has 2 aromatic carbocycles. The lowest BCUT2D eigenvalue weighted by molar-refractivity contribution is -0.116. The molecule has 0 unspecified atom stereocenters. The van der Waals surface area contributed by atoms with Crippen LogP contribution >= 0.6 is 11.3 Å². The van der Waals surface area contributed by atoms with Gasteiger partial charge in [-0.1, -0.05) is 53.8 Å². The zero-order chi connectivity index (χ0) is 17.7. The average Bonchev–Trinajstić information content (AvgIpc) is 2.97. The summed E-state index contributed by atoms with van der Waals surface area (Å²) in [6, 6.07) is 16.7. The minimum atomic E-state index is -3.22. The molecule has 1 N–H and O–H groups in total. The molecule has 0 aliphatic heterocycles. The van der Waals surface area contributed by atoms with Crippen molar-refractivity contribution in [2.45, 2.75) is 18.6 Å². The van der Waals surface area contributed by atoms with Crippen molar-refractivity contribution in [2.75, 3.05) is 11.1 Å². The quantitative estimate of drug-likeness (QED) is 0.685.